The maximum Gasteiger partial charge on any atom is 0.260 e. The van der Waals surface area contributed by atoms with Gasteiger partial charge in [-0.2, -0.15) is 0 Å². The molecule has 0 aliphatic rings. The van der Waals surface area contributed by atoms with Gasteiger partial charge in [-0.05, 0) is 12.1 Å². The highest BCUT2D eigenvalue weighted by atomic mass is 35.5. The first kappa shape index (κ1) is 15.1. The molecule has 0 bridgehead atoms. The van der Waals surface area contributed by atoms with Crippen LogP contribution in [0.15, 0.2) is 36.4 Å². The van der Waals surface area contributed by atoms with Crippen LogP contribution in [0.2, 0.25) is 5.02 Å². The van der Waals surface area contributed by atoms with Gasteiger partial charge >= 0.3 is 0 Å². The molecular formula is C15H13ClFNO3. The molecule has 1 amide bonds. The molecule has 0 fully saturated rings. The summed E-state index contributed by atoms with van der Waals surface area (Å²) in [5.74, 6) is -0.322. The van der Waals surface area contributed by atoms with Crippen LogP contribution in [0.4, 0.5) is 10.1 Å². The van der Waals surface area contributed by atoms with Crippen molar-refractivity contribution in [2.24, 2.45) is 0 Å². The Kier molecular flexibility index (Phi) is 4.65. The summed E-state index contributed by atoms with van der Waals surface area (Å²) < 4.78 is 23.9. The monoisotopic (exact) mass is 309 g/mol. The summed E-state index contributed by atoms with van der Waals surface area (Å²) in [6.45, 7) is 0. The first-order valence-electron chi connectivity index (χ1n) is 6.03. The maximum atomic E-state index is 13.7. The predicted molar refractivity (Wildman–Crippen MR) is 78.9 cm³/mol. The Morgan fingerprint density at radius 3 is 2.29 bits per heavy atom. The number of nitrogens with one attached hydrogen (secondary N) is 1. The van der Waals surface area contributed by atoms with Crippen LogP contribution >= 0.6 is 11.6 Å². The zero-order valence-electron chi connectivity index (χ0n) is 11.4. The van der Waals surface area contributed by atoms with E-state index < -0.39 is 11.7 Å². The molecule has 0 aliphatic heterocycles. The van der Waals surface area contributed by atoms with Crippen molar-refractivity contribution >= 4 is 23.2 Å². The highest BCUT2D eigenvalue weighted by Gasteiger charge is 2.16. The molecule has 0 unspecified atom stereocenters. The minimum absolute atomic E-state index is 0.0439. The van der Waals surface area contributed by atoms with Crippen molar-refractivity contribution in [3.63, 3.8) is 0 Å². The number of hydrogen-bond acceptors (Lipinski definition) is 3. The standard InChI is InChI=1S/C15H13ClFNO3/c1-20-10-6-9(7-11(8-10)21-2)18-15(19)14-12(16)4-3-5-13(14)17/h3-8H,1-2H3,(H,18,19). The van der Waals surface area contributed by atoms with E-state index in [9.17, 15) is 9.18 Å². The molecule has 0 saturated heterocycles. The number of rotatable bonds is 4. The van der Waals surface area contributed by atoms with Gasteiger partial charge in [0.15, 0.2) is 0 Å². The van der Waals surface area contributed by atoms with Crippen LogP contribution in [0.3, 0.4) is 0 Å². The van der Waals surface area contributed by atoms with Gasteiger partial charge in [-0.15, -0.1) is 0 Å². The number of carbonyl (C=O) groups excluding carboxylic acids is 1. The summed E-state index contributed by atoms with van der Waals surface area (Å²) in [5.41, 5.74) is 0.205. The van der Waals surface area contributed by atoms with Crippen molar-refractivity contribution in [2.45, 2.75) is 0 Å². The van der Waals surface area contributed by atoms with E-state index in [2.05, 4.69) is 5.32 Å². The highest BCUT2D eigenvalue weighted by molar-refractivity contribution is 6.34. The van der Waals surface area contributed by atoms with Crippen LogP contribution in [0.25, 0.3) is 0 Å². The summed E-state index contributed by atoms with van der Waals surface area (Å²) in [6.07, 6.45) is 0. The molecule has 4 nitrogen and oxygen atoms in total. The molecular weight excluding hydrogens is 297 g/mol. The summed E-state index contributed by atoms with van der Waals surface area (Å²) in [6, 6.07) is 8.90. The molecule has 1 N–H and O–H groups in total. The van der Waals surface area contributed by atoms with Gasteiger partial charge in [-0.1, -0.05) is 17.7 Å². The molecule has 2 aromatic rings. The van der Waals surface area contributed by atoms with Crippen LogP contribution in [-0.4, -0.2) is 20.1 Å². The van der Waals surface area contributed by atoms with E-state index in [1.165, 1.54) is 32.4 Å². The van der Waals surface area contributed by atoms with Crippen molar-refractivity contribution in [3.8, 4) is 11.5 Å². The van der Waals surface area contributed by atoms with Crippen molar-refractivity contribution in [3.05, 3.63) is 52.8 Å². The SMILES string of the molecule is COc1cc(NC(=O)c2c(F)cccc2Cl)cc(OC)c1. The van der Waals surface area contributed by atoms with Crippen LogP contribution in [0.1, 0.15) is 10.4 Å². The van der Waals surface area contributed by atoms with Crippen molar-refractivity contribution in [1.29, 1.82) is 0 Å². The lowest BCUT2D eigenvalue weighted by molar-refractivity contribution is 0.102. The number of methoxy groups -OCH3 is 2. The van der Waals surface area contributed by atoms with E-state index in [4.69, 9.17) is 21.1 Å². The van der Waals surface area contributed by atoms with Gasteiger partial charge in [0.2, 0.25) is 0 Å². The normalized spacial score (nSPS) is 10.1. The minimum atomic E-state index is -0.685. The Balaban J connectivity index is 2.31. The second-order valence-corrected chi connectivity index (χ2v) is 4.56. The first-order valence-corrected chi connectivity index (χ1v) is 6.41. The number of anilines is 1. The molecule has 2 rings (SSSR count). The van der Waals surface area contributed by atoms with E-state index in [0.29, 0.717) is 17.2 Å². The van der Waals surface area contributed by atoms with E-state index in [1.54, 1.807) is 18.2 Å². The minimum Gasteiger partial charge on any atom is -0.497 e. The Bertz CT molecular complexity index is 633. The van der Waals surface area contributed by atoms with Crippen molar-refractivity contribution < 1.29 is 18.7 Å². The number of amides is 1. The number of hydrogen-bond donors (Lipinski definition) is 1. The van der Waals surface area contributed by atoms with Crippen molar-refractivity contribution in [1.82, 2.24) is 0 Å². The van der Waals surface area contributed by atoms with E-state index in [0.717, 1.165) is 0 Å². The van der Waals surface area contributed by atoms with Gasteiger partial charge in [-0.3, -0.25) is 4.79 Å². The Morgan fingerprint density at radius 1 is 1.14 bits per heavy atom. The molecule has 0 saturated carbocycles. The number of ether oxygens (including phenoxy) is 2. The average Bonchev–Trinajstić information content (AvgIpc) is 2.46. The topological polar surface area (TPSA) is 47.6 Å². The zero-order chi connectivity index (χ0) is 15.4. The summed E-state index contributed by atoms with van der Waals surface area (Å²) in [7, 11) is 2.99. The first-order chi connectivity index (χ1) is 10.0. The van der Waals surface area contributed by atoms with Crippen molar-refractivity contribution in [2.75, 3.05) is 19.5 Å². The van der Waals surface area contributed by atoms with Gasteiger partial charge in [0.05, 0.1) is 24.8 Å². The largest absolute Gasteiger partial charge is 0.497 e. The fourth-order valence-corrected chi connectivity index (χ4v) is 2.04. The molecule has 0 heterocycles. The second kappa shape index (κ2) is 6.45. The van der Waals surface area contributed by atoms with Gasteiger partial charge in [0, 0.05) is 23.9 Å². The van der Waals surface area contributed by atoms with E-state index >= 15 is 0 Å². The average molecular weight is 310 g/mol. The molecule has 0 aromatic heterocycles. The van der Waals surface area contributed by atoms with Gasteiger partial charge in [-0.25, -0.2) is 4.39 Å². The quantitative estimate of drug-likeness (QED) is 0.935. The van der Waals surface area contributed by atoms with Gasteiger partial charge in [0.25, 0.3) is 5.91 Å². The second-order valence-electron chi connectivity index (χ2n) is 4.15. The predicted octanol–water partition coefficient (Wildman–Crippen LogP) is 3.75. The highest BCUT2D eigenvalue weighted by Crippen LogP contribution is 2.27. The van der Waals surface area contributed by atoms with E-state index in [-0.39, 0.29) is 10.6 Å². The molecule has 21 heavy (non-hydrogen) atoms. The zero-order valence-corrected chi connectivity index (χ0v) is 12.2. The molecule has 6 heteroatoms. The molecule has 2 aromatic carbocycles. The Hall–Kier alpha value is -2.27. The molecule has 0 spiro atoms. The number of halogens is 2. The molecule has 110 valence electrons. The summed E-state index contributed by atoms with van der Waals surface area (Å²) in [4.78, 5) is 12.1. The van der Waals surface area contributed by atoms with Crippen LogP contribution < -0.4 is 14.8 Å². The van der Waals surface area contributed by atoms with Crippen LogP contribution in [0, 0.1) is 5.82 Å². The van der Waals surface area contributed by atoms with Crippen LogP contribution in [-0.2, 0) is 0 Å². The fourth-order valence-electron chi connectivity index (χ4n) is 1.79. The Morgan fingerprint density at radius 2 is 1.76 bits per heavy atom. The summed E-state index contributed by atoms with van der Waals surface area (Å²) in [5, 5.41) is 2.61. The fraction of sp³-hybridized carbons (Fsp3) is 0.133. The van der Waals surface area contributed by atoms with Gasteiger partial charge in [0.1, 0.15) is 17.3 Å². The number of carbonyl (C=O) groups is 1. The van der Waals surface area contributed by atoms with Gasteiger partial charge < -0.3 is 14.8 Å². The number of benzene rings is 2. The van der Waals surface area contributed by atoms with Crippen LogP contribution in [0.5, 0.6) is 11.5 Å². The lowest BCUT2D eigenvalue weighted by atomic mass is 10.2. The molecule has 0 aliphatic carbocycles. The maximum absolute atomic E-state index is 13.7. The lowest BCUT2D eigenvalue weighted by Crippen LogP contribution is -2.14. The lowest BCUT2D eigenvalue weighted by Gasteiger charge is -2.11. The Labute approximate surface area is 126 Å². The third-order valence-electron chi connectivity index (χ3n) is 2.80. The molecule has 0 atom stereocenters. The third-order valence-corrected chi connectivity index (χ3v) is 3.11. The third kappa shape index (κ3) is 3.44. The van der Waals surface area contributed by atoms with E-state index in [1.807, 2.05) is 0 Å². The molecule has 0 radical (unpaired) electrons. The summed E-state index contributed by atoms with van der Waals surface area (Å²) >= 11 is 5.86. The smallest absolute Gasteiger partial charge is 0.260 e.